The number of phenolic OH excluding ortho intramolecular Hbond substituents is 2. The third kappa shape index (κ3) is 4.14. The topological polar surface area (TPSA) is 166 Å². The first-order valence-electron chi connectivity index (χ1n) is 9.79. The number of carbonyl (C=O) groups excluding carboxylic acids is 1. The van der Waals surface area contributed by atoms with E-state index in [9.17, 15) is 35.4 Å². The van der Waals surface area contributed by atoms with E-state index in [1.165, 1.54) is 18.2 Å². The Balaban J connectivity index is 1.56. The van der Waals surface area contributed by atoms with Crippen molar-refractivity contribution in [2.45, 2.75) is 30.7 Å². The fraction of sp³-hybridized carbons (Fsp3) is 0.318. The maximum absolute atomic E-state index is 12.9. The third-order valence-electron chi connectivity index (χ3n) is 5.29. The number of rotatable bonds is 4. The highest BCUT2D eigenvalue weighted by molar-refractivity contribution is 6.15. The van der Waals surface area contributed by atoms with Crippen LogP contribution in [0.15, 0.2) is 42.0 Å². The maximum atomic E-state index is 12.9. The summed E-state index contributed by atoms with van der Waals surface area (Å²) in [7, 11) is 0. The van der Waals surface area contributed by atoms with Crippen molar-refractivity contribution in [3.05, 3.63) is 53.1 Å². The first kappa shape index (κ1) is 22.1. The number of hydrogen-bond donors (Lipinski definition) is 6. The molecule has 0 unspecified atom stereocenters. The van der Waals surface area contributed by atoms with E-state index in [2.05, 4.69) is 0 Å². The van der Waals surface area contributed by atoms with Crippen LogP contribution in [0.5, 0.6) is 23.0 Å². The van der Waals surface area contributed by atoms with E-state index in [-0.39, 0.29) is 29.4 Å². The Morgan fingerprint density at radius 2 is 1.75 bits per heavy atom. The Hall–Kier alpha value is -3.15. The average molecular weight is 446 g/mol. The van der Waals surface area contributed by atoms with E-state index < -0.39 is 48.8 Å². The summed E-state index contributed by atoms with van der Waals surface area (Å²) in [5, 5.41) is 58.9. The summed E-state index contributed by atoms with van der Waals surface area (Å²) < 4.78 is 16.4. The van der Waals surface area contributed by atoms with Crippen molar-refractivity contribution in [1.82, 2.24) is 0 Å². The number of fused-ring (bicyclic) bond motifs is 1. The smallest absolute Gasteiger partial charge is 0.229 e. The van der Waals surface area contributed by atoms with Crippen molar-refractivity contribution in [3.8, 4) is 23.0 Å². The molecule has 2 aromatic carbocycles. The molecule has 1 fully saturated rings. The molecule has 6 N–H and O–H groups in total. The highest BCUT2D eigenvalue weighted by Crippen LogP contribution is 2.39. The number of Topliss-reactive ketones (excluding diaryl/α,β-unsaturated/α-hetero) is 1. The van der Waals surface area contributed by atoms with Gasteiger partial charge in [0.05, 0.1) is 6.61 Å². The average Bonchev–Trinajstić information content (AvgIpc) is 2.77. The molecule has 10 nitrogen and oxygen atoms in total. The lowest BCUT2D eigenvalue weighted by molar-refractivity contribution is -0.277. The normalized spacial score (nSPS) is 28.8. The van der Waals surface area contributed by atoms with Crippen molar-refractivity contribution >= 4 is 11.9 Å². The summed E-state index contributed by atoms with van der Waals surface area (Å²) in [4.78, 5) is 12.9. The maximum Gasteiger partial charge on any atom is 0.229 e. The summed E-state index contributed by atoms with van der Waals surface area (Å²) in [6.07, 6.45) is -5.81. The molecule has 5 atom stereocenters. The van der Waals surface area contributed by atoms with Gasteiger partial charge in [0.1, 0.15) is 59.6 Å². The van der Waals surface area contributed by atoms with E-state index >= 15 is 0 Å². The standard InChI is InChI=1S/C22H22O10/c23-8-16-19(27)20(28)21(29)22(32-16)31-13-6-14(25)17-15(7-13)30-9-11(18(17)26)5-10-1-3-12(24)4-2-10/h1-7,16,19-25,27-29H,8-9H2/b11-5+/t16-,19-,20+,21-,22-/m1/s1. The monoisotopic (exact) mass is 446 g/mol. The Bertz CT molecular complexity index is 1030. The molecule has 2 heterocycles. The molecule has 170 valence electrons. The molecule has 0 bridgehead atoms. The van der Waals surface area contributed by atoms with Gasteiger partial charge in [-0.3, -0.25) is 4.79 Å². The van der Waals surface area contributed by atoms with Gasteiger partial charge in [-0.2, -0.15) is 0 Å². The van der Waals surface area contributed by atoms with Crippen LogP contribution in [0.3, 0.4) is 0 Å². The van der Waals surface area contributed by atoms with Crippen LogP contribution in [0.25, 0.3) is 6.08 Å². The van der Waals surface area contributed by atoms with Gasteiger partial charge in [-0.25, -0.2) is 0 Å². The van der Waals surface area contributed by atoms with Gasteiger partial charge in [0.2, 0.25) is 6.29 Å². The Labute approximate surface area is 182 Å². The van der Waals surface area contributed by atoms with Crippen LogP contribution in [0.1, 0.15) is 15.9 Å². The molecular weight excluding hydrogens is 424 g/mol. The molecule has 0 spiro atoms. The summed E-state index contributed by atoms with van der Waals surface area (Å²) >= 11 is 0. The number of ether oxygens (including phenoxy) is 3. The molecule has 2 aromatic rings. The van der Waals surface area contributed by atoms with Crippen LogP contribution in [0.2, 0.25) is 0 Å². The van der Waals surface area contributed by atoms with Crippen LogP contribution < -0.4 is 9.47 Å². The van der Waals surface area contributed by atoms with Crippen molar-refractivity contribution in [2.24, 2.45) is 0 Å². The summed E-state index contributed by atoms with van der Waals surface area (Å²) in [5.41, 5.74) is 0.892. The zero-order chi connectivity index (χ0) is 23.0. The predicted molar refractivity (Wildman–Crippen MR) is 108 cm³/mol. The fourth-order valence-electron chi connectivity index (χ4n) is 3.55. The second kappa shape index (κ2) is 8.77. The predicted octanol–water partition coefficient (Wildman–Crippen LogP) is -0.0648. The van der Waals surface area contributed by atoms with Gasteiger partial charge in [-0.15, -0.1) is 0 Å². The molecule has 0 aromatic heterocycles. The Kier molecular flexibility index (Phi) is 6.04. The van der Waals surface area contributed by atoms with Crippen LogP contribution in [0.4, 0.5) is 0 Å². The number of aliphatic hydroxyl groups is 4. The van der Waals surface area contributed by atoms with Gasteiger partial charge in [-0.1, -0.05) is 12.1 Å². The largest absolute Gasteiger partial charge is 0.508 e. The quantitative estimate of drug-likeness (QED) is 0.350. The molecule has 32 heavy (non-hydrogen) atoms. The molecule has 2 aliphatic heterocycles. The van der Waals surface area contributed by atoms with Crippen LogP contribution in [0, 0.1) is 0 Å². The van der Waals surface area contributed by atoms with Crippen molar-refractivity contribution in [2.75, 3.05) is 13.2 Å². The van der Waals surface area contributed by atoms with Gasteiger partial charge in [-0.05, 0) is 23.8 Å². The van der Waals surface area contributed by atoms with Gasteiger partial charge in [0.15, 0.2) is 5.78 Å². The van der Waals surface area contributed by atoms with Crippen LogP contribution in [-0.4, -0.2) is 80.3 Å². The molecule has 10 heteroatoms. The zero-order valence-corrected chi connectivity index (χ0v) is 16.7. The lowest BCUT2D eigenvalue weighted by Gasteiger charge is -2.39. The van der Waals surface area contributed by atoms with Gasteiger partial charge >= 0.3 is 0 Å². The lowest BCUT2D eigenvalue weighted by atomic mass is 9.97. The molecule has 0 saturated carbocycles. The number of hydrogen-bond acceptors (Lipinski definition) is 10. The second-order valence-corrected chi connectivity index (χ2v) is 7.51. The minimum Gasteiger partial charge on any atom is -0.508 e. The minimum atomic E-state index is -1.63. The van der Waals surface area contributed by atoms with Crippen LogP contribution >= 0.6 is 0 Å². The molecular formula is C22H22O10. The molecule has 0 aliphatic carbocycles. The minimum absolute atomic E-state index is 0.0238. The number of carbonyl (C=O) groups is 1. The van der Waals surface area contributed by atoms with E-state index in [4.69, 9.17) is 14.2 Å². The Morgan fingerprint density at radius 1 is 1.03 bits per heavy atom. The van der Waals surface area contributed by atoms with E-state index in [1.54, 1.807) is 18.2 Å². The summed E-state index contributed by atoms with van der Waals surface area (Å²) in [6, 6.07) is 8.67. The number of aliphatic hydroxyl groups excluding tert-OH is 4. The first-order valence-corrected chi connectivity index (χ1v) is 9.79. The number of ketones is 1. The van der Waals surface area contributed by atoms with Crippen molar-refractivity contribution < 1.29 is 49.6 Å². The molecule has 0 radical (unpaired) electrons. The van der Waals surface area contributed by atoms with Gasteiger partial charge in [0, 0.05) is 17.7 Å². The van der Waals surface area contributed by atoms with E-state index in [1.807, 2.05) is 0 Å². The van der Waals surface area contributed by atoms with Crippen molar-refractivity contribution in [1.29, 1.82) is 0 Å². The highest BCUT2D eigenvalue weighted by atomic mass is 16.7. The molecule has 1 saturated heterocycles. The first-order chi connectivity index (χ1) is 15.3. The van der Waals surface area contributed by atoms with Crippen molar-refractivity contribution in [3.63, 3.8) is 0 Å². The van der Waals surface area contributed by atoms with E-state index in [0.717, 1.165) is 6.07 Å². The molecule has 2 aliphatic rings. The number of phenols is 2. The van der Waals surface area contributed by atoms with E-state index in [0.29, 0.717) is 11.1 Å². The SMILES string of the molecule is O=C1/C(=C/c2ccc(O)cc2)COc2cc(O[C@@H]3O[C@H](CO)[C@@H](O)[C@H](O)[C@H]3O)cc(O)c21. The van der Waals surface area contributed by atoms with Crippen LogP contribution in [-0.2, 0) is 4.74 Å². The second-order valence-electron chi connectivity index (χ2n) is 7.51. The number of aromatic hydroxyl groups is 2. The zero-order valence-electron chi connectivity index (χ0n) is 16.7. The molecule has 4 rings (SSSR count). The fourth-order valence-corrected chi connectivity index (χ4v) is 3.55. The highest BCUT2D eigenvalue weighted by Gasteiger charge is 2.45. The summed E-state index contributed by atoms with van der Waals surface area (Å²) in [5.74, 6) is -0.755. The number of benzene rings is 2. The van der Waals surface area contributed by atoms with Gasteiger partial charge < -0.3 is 44.8 Å². The molecule has 0 amide bonds. The Morgan fingerprint density at radius 3 is 2.44 bits per heavy atom. The third-order valence-corrected chi connectivity index (χ3v) is 5.29. The summed E-state index contributed by atoms with van der Waals surface area (Å²) in [6.45, 7) is -0.691. The van der Waals surface area contributed by atoms with Gasteiger partial charge in [0.25, 0.3) is 0 Å². The lowest BCUT2D eigenvalue weighted by Crippen LogP contribution is -2.60.